The minimum absolute atomic E-state index is 0.0527. The third-order valence-corrected chi connectivity index (χ3v) is 3.87. The van der Waals surface area contributed by atoms with Gasteiger partial charge < -0.3 is 10.6 Å². The van der Waals surface area contributed by atoms with E-state index in [1.807, 2.05) is 31.2 Å². The molecule has 0 bridgehead atoms. The minimum Gasteiger partial charge on any atom is -0.349 e. The molecule has 2 N–H and O–H groups in total. The van der Waals surface area contributed by atoms with Crippen LogP contribution in [0, 0.1) is 5.92 Å². The van der Waals surface area contributed by atoms with Gasteiger partial charge in [0.15, 0.2) is 0 Å². The van der Waals surface area contributed by atoms with Gasteiger partial charge in [0, 0.05) is 11.0 Å². The number of nitrogens with one attached hydrogen (secondary N) is 2. The van der Waals surface area contributed by atoms with Crippen molar-refractivity contribution in [2.75, 3.05) is 13.1 Å². The molecule has 1 saturated heterocycles. The fraction of sp³-hybridized carbons (Fsp3) is 0.500. The molecule has 0 radical (unpaired) electrons. The highest BCUT2D eigenvalue weighted by Crippen LogP contribution is 2.19. The Morgan fingerprint density at radius 2 is 2.39 bits per heavy atom. The van der Waals surface area contributed by atoms with Crippen molar-refractivity contribution in [2.45, 2.75) is 25.8 Å². The summed E-state index contributed by atoms with van der Waals surface area (Å²) < 4.78 is 1.04. The summed E-state index contributed by atoms with van der Waals surface area (Å²) in [5.74, 6) is 0.281. The third-order valence-electron chi connectivity index (χ3n) is 3.38. The molecule has 98 valence electrons. The van der Waals surface area contributed by atoms with Gasteiger partial charge in [0.2, 0.25) is 5.91 Å². The first kappa shape index (κ1) is 13.6. The van der Waals surface area contributed by atoms with E-state index in [2.05, 4.69) is 26.6 Å². The molecule has 1 heterocycles. The lowest BCUT2D eigenvalue weighted by Gasteiger charge is -2.24. The van der Waals surface area contributed by atoms with Crippen LogP contribution in [0.15, 0.2) is 28.7 Å². The molecule has 4 heteroatoms. The lowest BCUT2D eigenvalue weighted by molar-refractivity contribution is -0.126. The Balaban J connectivity index is 1.94. The molecule has 1 aromatic carbocycles. The van der Waals surface area contributed by atoms with Crippen LogP contribution in [-0.2, 0) is 4.79 Å². The van der Waals surface area contributed by atoms with Gasteiger partial charge in [0.25, 0.3) is 0 Å². The van der Waals surface area contributed by atoms with E-state index in [9.17, 15) is 4.79 Å². The van der Waals surface area contributed by atoms with Gasteiger partial charge >= 0.3 is 0 Å². The molecular formula is C14H19BrN2O. The van der Waals surface area contributed by atoms with Crippen LogP contribution in [0.5, 0.6) is 0 Å². The van der Waals surface area contributed by atoms with Crippen molar-refractivity contribution in [3.05, 3.63) is 34.3 Å². The van der Waals surface area contributed by atoms with E-state index in [1.165, 1.54) is 0 Å². The molecule has 1 amide bonds. The summed E-state index contributed by atoms with van der Waals surface area (Å²) in [5, 5.41) is 6.36. The van der Waals surface area contributed by atoms with Crippen LogP contribution in [0.2, 0.25) is 0 Å². The summed E-state index contributed by atoms with van der Waals surface area (Å²) in [4.78, 5) is 12.1. The van der Waals surface area contributed by atoms with Gasteiger partial charge in [-0.2, -0.15) is 0 Å². The Labute approximate surface area is 116 Å². The standard InChI is InChI=1S/C14H19BrN2O/c1-10(11-4-2-6-13(15)8-11)17-14(18)12-5-3-7-16-9-12/h2,4,6,8,10,12,16H,3,5,7,9H2,1H3,(H,17,18)/t10-,12?/m1/s1. The number of benzene rings is 1. The molecule has 1 unspecified atom stereocenters. The zero-order chi connectivity index (χ0) is 13.0. The third kappa shape index (κ3) is 3.56. The van der Waals surface area contributed by atoms with Crippen LogP contribution in [0.25, 0.3) is 0 Å². The maximum absolute atomic E-state index is 12.1. The Morgan fingerprint density at radius 1 is 1.56 bits per heavy atom. The van der Waals surface area contributed by atoms with Crippen LogP contribution in [0.3, 0.4) is 0 Å². The van der Waals surface area contributed by atoms with Crippen LogP contribution in [-0.4, -0.2) is 19.0 Å². The lowest BCUT2D eigenvalue weighted by Crippen LogP contribution is -2.41. The average molecular weight is 311 g/mol. The van der Waals surface area contributed by atoms with Crippen molar-refractivity contribution >= 4 is 21.8 Å². The highest BCUT2D eigenvalue weighted by atomic mass is 79.9. The van der Waals surface area contributed by atoms with E-state index in [0.717, 1.165) is 36.0 Å². The molecule has 1 aliphatic rings. The van der Waals surface area contributed by atoms with Crippen molar-refractivity contribution < 1.29 is 4.79 Å². The van der Waals surface area contributed by atoms with Crippen LogP contribution in [0.4, 0.5) is 0 Å². The Kier molecular flexibility index (Phi) is 4.78. The van der Waals surface area contributed by atoms with Crippen molar-refractivity contribution in [2.24, 2.45) is 5.92 Å². The first-order chi connectivity index (χ1) is 8.66. The smallest absolute Gasteiger partial charge is 0.224 e. The fourth-order valence-electron chi connectivity index (χ4n) is 2.27. The van der Waals surface area contributed by atoms with Gasteiger partial charge in [-0.1, -0.05) is 28.1 Å². The molecule has 2 rings (SSSR count). The number of hydrogen-bond donors (Lipinski definition) is 2. The summed E-state index contributed by atoms with van der Waals surface area (Å²) in [6, 6.07) is 8.11. The molecular weight excluding hydrogens is 292 g/mol. The van der Waals surface area contributed by atoms with E-state index in [4.69, 9.17) is 0 Å². The molecule has 0 saturated carbocycles. The molecule has 1 aliphatic heterocycles. The van der Waals surface area contributed by atoms with Gasteiger partial charge in [0.1, 0.15) is 0 Å². The summed E-state index contributed by atoms with van der Waals surface area (Å²) in [7, 11) is 0. The zero-order valence-corrected chi connectivity index (χ0v) is 12.2. The Morgan fingerprint density at radius 3 is 3.06 bits per heavy atom. The molecule has 1 fully saturated rings. The normalized spacial score (nSPS) is 21.3. The van der Waals surface area contributed by atoms with E-state index in [1.54, 1.807) is 0 Å². The van der Waals surface area contributed by atoms with Crippen molar-refractivity contribution in [3.63, 3.8) is 0 Å². The Bertz CT molecular complexity index is 416. The lowest BCUT2D eigenvalue weighted by atomic mass is 9.98. The molecule has 0 aliphatic carbocycles. The van der Waals surface area contributed by atoms with Crippen molar-refractivity contribution in [1.82, 2.24) is 10.6 Å². The molecule has 1 aromatic rings. The second-order valence-corrected chi connectivity index (χ2v) is 5.74. The summed E-state index contributed by atoms with van der Waals surface area (Å²) in [6.07, 6.45) is 2.08. The second kappa shape index (κ2) is 6.34. The van der Waals surface area contributed by atoms with Gasteiger partial charge in [-0.15, -0.1) is 0 Å². The number of rotatable bonds is 3. The maximum Gasteiger partial charge on any atom is 0.224 e. The zero-order valence-electron chi connectivity index (χ0n) is 10.6. The highest BCUT2D eigenvalue weighted by molar-refractivity contribution is 9.10. The fourth-order valence-corrected chi connectivity index (χ4v) is 2.68. The number of halogens is 1. The summed E-state index contributed by atoms with van der Waals surface area (Å²) >= 11 is 3.45. The SMILES string of the molecule is C[C@@H](NC(=O)C1CCCNC1)c1cccc(Br)c1. The second-order valence-electron chi connectivity index (χ2n) is 4.83. The van der Waals surface area contributed by atoms with Gasteiger partial charge in [0.05, 0.1) is 12.0 Å². The molecule has 2 atom stereocenters. The summed E-state index contributed by atoms with van der Waals surface area (Å²) in [6.45, 7) is 3.86. The van der Waals surface area contributed by atoms with E-state index in [0.29, 0.717) is 0 Å². The maximum atomic E-state index is 12.1. The van der Waals surface area contributed by atoms with Gasteiger partial charge in [-0.05, 0) is 44.0 Å². The summed E-state index contributed by atoms with van der Waals surface area (Å²) in [5.41, 5.74) is 1.13. The average Bonchev–Trinajstić information content (AvgIpc) is 2.39. The van der Waals surface area contributed by atoms with Crippen molar-refractivity contribution in [1.29, 1.82) is 0 Å². The molecule has 3 nitrogen and oxygen atoms in total. The van der Waals surface area contributed by atoms with Crippen LogP contribution >= 0.6 is 15.9 Å². The highest BCUT2D eigenvalue weighted by Gasteiger charge is 2.22. The van der Waals surface area contributed by atoms with Crippen molar-refractivity contribution in [3.8, 4) is 0 Å². The van der Waals surface area contributed by atoms with Crippen LogP contribution in [0.1, 0.15) is 31.4 Å². The van der Waals surface area contributed by atoms with E-state index in [-0.39, 0.29) is 17.9 Å². The minimum atomic E-state index is 0.0527. The number of amides is 1. The Hall–Kier alpha value is -0.870. The molecule has 0 spiro atoms. The topological polar surface area (TPSA) is 41.1 Å². The first-order valence-electron chi connectivity index (χ1n) is 6.43. The predicted octanol–water partition coefficient (Wildman–Crippen LogP) is 2.63. The quantitative estimate of drug-likeness (QED) is 0.901. The molecule has 18 heavy (non-hydrogen) atoms. The predicted molar refractivity (Wildman–Crippen MR) is 76.3 cm³/mol. The number of carbonyl (C=O) groups excluding carboxylic acids is 1. The number of hydrogen-bond acceptors (Lipinski definition) is 2. The van der Waals surface area contributed by atoms with Gasteiger partial charge in [-0.3, -0.25) is 4.79 Å². The monoisotopic (exact) mass is 310 g/mol. The van der Waals surface area contributed by atoms with Crippen LogP contribution < -0.4 is 10.6 Å². The number of carbonyl (C=O) groups is 1. The number of piperidine rings is 1. The van der Waals surface area contributed by atoms with E-state index < -0.39 is 0 Å². The first-order valence-corrected chi connectivity index (χ1v) is 7.22. The molecule has 0 aromatic heterocycles. The van der Waals surface area contributed by atoms with E-state index >= 15 is 0 Å². The van der Waals surface area contributed by atoms with Gasteiger partial charge in [-0.25, -0.2) is 0 Å². The largest absolute Gasteiger partial charge is 0.349 e.